The first-order valence-corrected chi connectivity index (χ1v) is 5.33. The summed E-state index contributed by atoms with van der Waals surface area (Å²) in [4.78, 5) is 20.9. The number of pyridine rings is 1. The van der Waals surface area contributed by atoms with Gasteiger partial charge < -0.3 is 4.84 Å². The van der Waals surface area contributed by atoms with E-state index < -0.39 is 12.7 Å². The topological polar surface area (TPSA) is 42.4 Å². The number of carbonyl (C=O) groups is 1. The average molecular weight is 246 g/mol. The third-order valence-electron chi connectivity index (χ3n) is 2.18. The second kappa shape index (κ2) is 5.77. The number of hydrogen-bond donors (Lipinski definition) is 0. The summed E-state index contributed by atoms with van der Waals surface area (Å²) < 4.78 is 12.8. The van der Waals surface area contributed by atoms with E-state index in [-0.39, 0.29) is 5.69 Å². The van der Waals surface area contributed by atoms with Crippen LogP contribution >= 0.6 is 0 Å². The molecular formula is C13H11FN2O2. The number of carbonyl (C=O) groups excluding carboxylic acids is 1. The molecule has 1 amide bonds. The van der Waals surface area contributed by atoms with Gasteiger partial charge in [0.05, 0.1) is 0 Å². The minimum absolute atomic E-state index is 0.131. The van der Waals surface area contributed by atoms with Gasteiger partial charge in [-0.2, -0.15) is 0 Å². The van der Waals surface area contributed by atoms with E-state index in [1.54, 1.807) is 42.5 Å². The van der Waals surface area contributed by atoms with E-state index in [2.05, 4.69) is 4.98 Å². The van der Waals surface area contributed by atoms with Crippen LogP contribution in [-0.2, 0) is 0 Å². The van der Waals surface area contributed by atoms with Crippen LogP contribution in [0.25, 0.3) is 0 Å². The Morgan fingerprint density at radius 2 is 1.89 bits per heavy atom. The minimum atomic E-state index is -1.05. The molecule has 0 unspecified atom stereocenters. The van der Waals surface area contributed by atoms with Crippen molar-refractivity contribution in [3.05, 3.63) is 60.4 Å². The molecule has 5 heteroatoms. The predicted molar refractivity (Wildman–Crippen MR) is 63.5 cm³/mol. The highest BCUT2D eigenvalue weighted by molar-refractivity contribution is 5.91. The van der Waals surface area contributed by atoms with Crippen LogP contribution in [0.5, 0.6) is 5.75 Å². The molecule has 4 nitrogen and oxygen atoms in total. The smallest absolute Gasteiger partial charge is 0.307 e. The van der Waals surface area contributed by atoms with Crippen LogP contribution in [0.3, 0.4) is 0 Å². The van der Waals surface area contributed by atoms with E-state index in [1.807, 2.05) is 0 Å². The van der Waals surface area contributed by atoms with E-state index >= 15 is 0 Å². The van der Waals surface area contributed by atoms with E-state index in [1.165, 1.54) is 12.3 Å². The number of para-hydroxylation sites is 1. The molecule has 1 heterocycles. The molecule has 0 aliphatic carbocycles. The van der Waals surface area contributed by atoms with Gasteiger partial charge in [0, 0.05) is 6.20 Å². The molecule has 1 aromatic heterocycles. The fourth-order valence-corrected chi connectivity index (χ4v) is 1.35. The second-order valence-electron chi connectivity index (χ2n) is 3.42. The number of aromatic nitrogens is 1. The van der Waals surface area contributed by atoms with Crippen molar-refractivity contribution in [3.8, 4) is 5.75 Å². The lowest BCUT2D eigenvalue weighted by atomic mass is 10.3. The van der Waals surface area contributed by atoms with Crippen LogP contribution in [0.2, 0.25) is 0 Å². The van der Waals surface area contributed by atoms with Gasteiger partial charge >= 0.3 is 5.91 Å². The zero-order chi connectivity index (χ0) is 12.8. The summed E-state index contributed by atoms with van der Waals surface area (Å²) >= 11 is 0. The molecule has 92 valence electrons. The van der Waals surface area contributed by atoms with Crippen LogP contribution < -0.4 is 4.84 Å². The highest BCUT2D eigenvalue weighted by Gasteiger charge is 2.18. The maximum absolute atomic E-state index is 12.8. The van der Waals surface area contributed by atoms with E-state index in [0.717, 1.165) is 0 Å². The van der Waals surface area contributed by atoms with Gasteiger partial charge in [-0.3, -0.25) is 9.78 Å². The summed E-state index contributed by atoms with van der Waals surface area (Å²) in [5.41, 5.74) is 0.131. The highest BCUT2D eigenvalue weighted by atomic mass is 19.1. The Labute approximate surface area is 104 Å². The largest absolute Gasteiger partial charge is 0.374 e. The zero-order valence-electron chi connectivity index (χ0n) is 9.49. The molecule has 0 aliphatic rings. The van der Waals surface area contributed by atoms with Crippen LogP contribution in [-0.4, -0.2) is 22.8 Å². The zero-order valence-corrected chi connectivity index (χ0v) is 9.49. The van der Waals surface area contributed by atoms with Gasteiger partial charge in [0.2, 0.25) is 0 Å². The summed E-state index contributed by atoms with van der Waals surface area (Å²) in [7, 11) is 0. The van der Waals surface area contributed by atoms with Crippen LogP contribution in [0.15, 0.2) is 54.7 Å². The number of hydrogen-bond acceptors (Lipinski definition) is 3. The number of amides is 1. The van der Waals surface area contributed by atoms with Crippen molar-refractivity contribution in [3.63, 3.8) is 0 Å². The molecule has 0 atom stereocenters. The molecule has 2 aromatic rings. The summed E-state index contributed by atoms with van der Waals surface area (Å²) in [6, 6.07) is 13.4. The first-order valence-electron chi connectivity index (χ1n) is 5.33. The maximum Gasteiger partial charge on any atom is 0.307 e. The van der Waals surface area contributed by atoms with Crippen LogP contribution in [0, 0.1) is 0 Å². The van der Waals surface area contributed by atoms with Crippen molar-refractivity contribution < 1.29 is 14.0 Å². The molecule has 0 spiro atoms. The Balaban J connectivity index is 2.12. The Kier molecular flexibility index (Phi) is 3.86. The van der Waals surface area contributed by atoms with Gasteiger partial charge in [0.15, 0.2) is 12.5 Å². The number of hydroxylamine groups is 2. The number of halogens is 1. The standard InChI is InChI=1S/C13H11FN2O2/c14-10-16(18-11-6-2-1-3-7-11)13(17)12-8-4-5-9-15-12/h1-9H,10H2. The fourth-order valence-electron chi connectivity index (χ4n) is 1.35. The van der Waals surface area contributed by atoms with Crippen molar-refractivity contribution in [1.29, 1.82) is 0 Å². The van der Waals surface area contributed by atoms with Gasteiger partial charge in [-0.1, -0.05) is 24.3 Å². The minimum Gasteiger partial charge on any atom is -0.374 e. The monoisotopic (exact) mass is 246 g/mol. The van der Waals surface area contributed by atoms with Gasteiger partial charge in [0.25, 0.3) is 0 Å². The number of rotatable bonds is 4. The third kappa shape index (κ3) is 2.82. The Hall–Kier alpha value is -2.43. The summed E-state index contributed by atoms with van der Waals surface area (Å²) in [5.74, 6) is -0.235. The van der Waals surface area contributed by atoms with E-state index in [9.17, 15) is 9.18 Å². The molecule has 0 radical (unpaired) electrons. The van der Waals surface area contributed by atoms with Crippen molar-refractivity contribution in [2.45, 2.75) is 0 Å². The number of nitrogens with zero attached hydrogens (tertiary/aromatic N) is 2. The average Bonchev–Trinajstić information content (AvgIpc) is 2.46. The van der Waals surface area contributed by atoms with Crippen molar-refractivity contribution >= 4 is 5.91 Å². The number of benzene rings is 1. The molecule has 0 bridgehead atoms. The Bertz CT molecular complexity index is 505. The predicted octanol–water partition coefficient (Wildman–Crippen LogP) is 2.44. The van der Waals surface area contributed by atoms with Gasteiger partial charge in [0.1, 0.15) is 5.69 Å². The molecule has 0 aliphatic heterocycles. The van der Waals surface area contributed by atoms with Crippen molar-refractivity contribution in [2.24, 2.45) is 0 Å². The quantitative estimate of drug-likeness (QED) is 0.614. The molecule has 0 N–H and O–H groups in total. The van der Waals surface area contributed by atoms with Crippen molar-refractivity contribution in [1.82, 2.24) is 10.0 Å². The molecule has 1 aromatic carbocycles. The summed E-state index contributed by atoms with van der Waals surface area (Å²) in [6.45, 7) is -1.05. The Morgan fingerprint density at radius 3 is 2.50 bits per heavy atom. The number of alkyl halides is 1. The van der Waals surface area contributed by atoms with E-state index in [4.69, 9.17) is 4.84 Å². The van der Waals surface area contributed by atoms with Gasteiger partial charge in [-0.05, 0) is 24.3 Å². The summed E-state index contributed by atoms with van der Waals surface area (Å²) in [5, 5.41) is 0.623. The van der Waals surface area contributed by atoms with E-state index in [0.29, 0.717) is 10.8 Å². The van der Waals surface area contributed by atoms with Crippen LogP contribution in [0.1, 0.15) is 10.5 Å². The van der Waals surface area contributed by atoms with Gasteiger partial charge in [-0.25, -0.2) is 4.39 Å². The summed E-state index contributed by atoms with van der Waals surface area (Å²) in [6.07, 6.45) is 1.46. The van der Waals surface area contributed by atoms with Crippen molar-refractivity contribution in [2.75, 3.05) is 6.80 Å². The second-order valence-corrected chi connectivity index (χ2v) is 3.42. The first-order chi connectivity index (χ1) is 8.81. The lowest BCUT2D eigenvalue weighted by molar-refractivity contribution is -0.0581. The molecule has 0 saturated heterocycles. The highest BCUT2D eigenvalue weighted by Crippen LogP contribution is 2.12. The Morgan fingerprint density at radius 1 is 1.17 bits per heavy atom. The maximum atomic E-state index is 12.8. The first kappa shape index (κ1) is 12.0. The van der Waals surface area contributed by atoms with Gasteiger partial charge in [-0.15, -0.1) is 5.06 Å². The van der Waals surface area contributed by atoms with Crippen LogP contribution in [0.4, 0.5) is 4.39 Å². The normalized spacial score (nSPS) is 9.83. The molecule has 2 rings (SSSR count). The molecular weight excluding hydrogens is 235 g/mol. The lowest BCUT2D eigenvalue weighted by Crippen LogP contribution is -2.34. The lowest BCUT2D eigenvalue weighted by Gasteiger charge is -2.18. The fraction of sp³-hybridized carbons (Fsp3) is 0.0769. The third-order valence-corrected chi connectivity index (χ3v) is 2.18. The SMILES string of the molecule is O=C(c1ccccn1)N(CF)Oc1ccccc1. The molecule has 0 saturated carbocycles. The molecule has 0 fully saturated rings. The molecule has 18 heavy (non-hydrogen) atoms.